The van der Waals surface area contributed by atoms with E-state index < -0.39 is 21.9 Å². The molecule has 136 valence electrons. The van der Waals surface area contributed by atoms with Gasteiger partial charge >= 0.3 is 0 Å². The van der Waals surface area contributed by atoms with Gasteiger partial charge in [-0.05, 0) is 48.9 Å². The summed E-state index contributed by atoms with van der Waals surface area (Å²) in [6.45, 7) is 1.89. The molecule has 0 amide bonds. The lowest BCUT2D eigenvalue weighted by Crippen LogP contribution is -2.28. The number of hydrogen-bond acceptors (Lipinski definition) is 2. The van der Waals surface area contributed by atoms with Crippen LogP contribution < -0.4 is 4.72 Å². The lowest BCUT2D eigenvalue weighted by molar-refractivity contribution is 0.576. The largest absolute Gasteiger partial charge is 0.241 e. The van der Waals surface area contributed by atoms with Crippen LogP contribution in [0, 0.1) is 24.6 Å². The topological polar surface area (TPSA) is 46.2 Å². The average Bonchev–Trinajstić information content (AvgIpc) is 2.67. The van der Waals surface area contributed by atoms with Crippen LogP contribution >= 0.6 is 0 Å². The third-order valence-electron chi connectivity index (χ3n) is 3.94. The van der Waals surface area contributed by atoms with E-state index in [1.165, 1.54) is 24.3 Å². The summed E-state index contributed by atoms with van der Waals surface area (Å²) in [4.78, 5) is 0.154. The summed E-state index contributed by atoms with van der Waals surface area (Å²) in [5.41, 5.74) is 2.29. The molecule has 0 aliphatic heterocycles. The van der Waals surface area contributed by atoms with Crippen molar-refractivity contribution in [3.63, 3.8) is 0 Å². The van der Waals surface area contributed by atoms with Crippen LogP contribution in [-0.2, 0) is 10.0 Å². The van der Waals surface area contributed by atoms with Crippen molar-refractivity contribution in [2.24, 2.45) is 0 Å². The average molecular weight is 379 g/mol. The standard InChI is InChI=1S/C22H18FNO2S/c1-17-7-14-21(15-8-17)27(25,26)24-22(19-10-12-20(23)13-11-19)16-9-18-5-3-2-4-6-18/h2-8,10-15,22,24H,1H3. The van der Waals surface area contributed by atoms with E-state index in [1.807, 2.05) is 37.3 Å². The molecule has 1 unspecified atom stereocenters. The second-order valence-corrected chi connectivity index (χ2v) is 7.77. The second-order valence-electron chi connectivity index (χ2n) is 6.05. The number of halogens is 1. The van der Waals surface area contributed by atoms with Crippen molar-refractivity contribution in [3.8, 4) is 11.8 Å². The minimum Gasteiger partial charge on any atom is -0.207 e. The van der Waals surface area contributed by atoms with Crippen molar-refractivity contribution in [1.29, 1.82) is 0 Å². The van der Waals surface area contributed by atoms with Crippen LogP contribution in [0.4, 0.5) is 4.39 Å². The summed E-state index contributed by atoms with van der Waals surface area (Å²) < 4.78 is 41.4. The summed E-state index contributed by atoms with van der Waals surface area (Å²) >= 11 is 0. The van der Waals surface area contributed by atoms with Crippen molar-refractivity contribution in [3.05, 3.63) is 101 Å². The monoisotopic (exact) mass is 379 g/mol. The molecule has 0 spiro atoms. The highest BCUT2D eigenvalue weighted by molar-refractivity contribution is 7.89. The van der Waals surface area contributed by atoms with Gasteiger partial charge in [-0.3, -0.25) is 0 Å². The fourth-order valence-corrected chi connectivity index (χ4v) is 3.59. The van der Waals surface area contributed by atoms with E-state index >= 15 is 0 Å². The Labute approximate surface area is 158 Å². The zero-order chi connectivity index (χ0) is 19.3. The van der Waals surface area contributed by atoms with Crippen molar-refractivity contribution < 1.29 is 12.8 Å². The van der Waals surface area contributed by atoms with Crippen LogP contribution in [0.5, 0.6) is 0 Å². The molecule has 3 aromatic rings. The van der Waals surface area contributed by atoms with Crippen molar-refractivity contribution in [2.75, 3.05) is 0 Å². The van der Waals surface area contributed by atoms with Gasteiger partial charge in [0.2, 0.25) is 10.0 Å². The molecule has 5 heteroatoms. The Morgan fingerprint density at radius 2 is 1.52 bits per heavy atom. The van der Waals surface area contributed by atoms with Crippen molar-refractivity contribution >= 4 is 10.0 Å². The summed E-state index contributed by atoms with van der Waals surface area (Å²) in [6.07, 6.45) is 0. The zero-order valence-corrected chi connectivity index (χ0v) is 15.5. The normalized spacial score (nSPS) is 12.1. The lowest BCUT2D eigenvalue weighted by Gasteiger charge is -2.14. The molecule has 0 fully saturated rings. The van der Waals surface area contributed by atoms with E-state index in [9.17, 15) is 12.8 Å². The van der Waals surface area contributed by atoms with Gasteiger partial charge in [0.15, 0.2) is 0 Å². The minimum atomic E-state index is -3.79. The van der Waals surface area contributed by atoms with Crippen LogP contribution in [0.1, 0.15) is 22.7 Å². The molecule has 0 aromatic heterocycles. The van der Waals surface area contributed by atoms with Gasteiger partial charge in [0.1, 0.15) is 11.9 Å². The van der Waals surface area contributed by atoms with Crippen LogP contribution in [0.15, 0.2) is 83.8 Å². The fraction of sp³-hybridized carbons (Fsp3) is 0.0909. The maximum atomic E-state index is 13.3. The molecule has 0 bridgehead atoms. The Balaban J connectivity index is 1.95. The van der Waals surface area contributed by atoms with E-state index in [0.29, 0.717) is 5.56 Å². The Hall–Kier alpha value is -2.94. The number of benzene rings is 3. The Morgan fingerprint density at radius 1 is 0.889 bits per heavy atom. The molecule has 1 atom stereocenters. The summed E-state index contributed by atoms with van der Waals surface area (Å²) in [5.74, 6) is 5.52. The summed E-state index contributed by atoms with van der Waals surface area (Å²) in [6, 6.07) is 20.6. The molecule has 0 saturated heterocycles. The van der Waals surface area contributed by atoms with E-state index in [4.69, 9.17) is 0 Å². The first kappa shape index (κ1) is 18.8. The fourth-order valence-electron chi connectivity index (χ4n) is 2.45. The molecular formula is C22H18FNO2S. The number of hydrogen-bond donors (Lipinski definition) is 1. The van der Waals surface area contributed by atoms with E-state index in [-0.39, 0.29) is 4.90 Å². The molecule has 0 aliphatic carbocycles. The highest BCUT2D eigenvalue weighted by atomic mass is 32.2. The quantitative estimate of drug-likeness (QED) is 0.691. The Morgan fingerprint density at radius 3 is 2.15 bits per heavy atom. The minimum absolute atomic E-state index is 0.154. The predicted molar refractivity (Wildman–Crippen MR) is 104 cm³/mol. The molecule has 3 aromatic carbocycles. The lowest BCUT2D eigenvalue weighted by atomic mass is 10.1. The van der Waals surface area contributed by atoms with Crippen molar-refractivity contribution in [2.45, 2.75) is 17.9 Å². The molecule has 0 radical (unpaired) electrons. The number of rotatable bonds is 4. The SMILES string of the molecule is Cc1ccc(S(=O)(=O)NC(C#Cc2ccccc2)c2ccc(F)cc2)cc1. The predicted octanol–water partition coefficient (Wildman–Crippen LogP) is 4.21. The van der Waals surface area contributed by atoms with E-state index in [2.05, 4.69) is 16.6 Å². The highest BCUT2D eigenvalue weighted by Crippen LogP contribution is 2.18. The molecule has 3 nitrogen and oxygen atoms in total. The second kappa shape index (κ2) is 8.17. The molecule has 0 heterocycles. The third-order valence-corrected chi connectivity index (χ3v) is 5.38. The van der Waals surface area contributed by atoms with E-state index in [0.717, 1.165) is 11.1 Å². The number of nitrogens with one attached hydrogen (secondary N) is 1. The molecule has 3 rings (SSSR count). The van der Waals surface area contributed by atoms with Crippen LogP contribution in [0.25, 0.3) is 0 Å². The number of sulfonamides is 1. The van der Waals surface area contributed by atoms with Gasteiger partial charge in [-0.2, -0.15) is 4.72 Å². The van der Waals surface area contributed by atoms with Gasteiger partial charge < -0.3 is 0 Å². The van der Waals surface area contributed by atoms with Crippen LogP contribution in [0.2, 0.25) is 0 Å². The smallest absolute Gasteiger partial charge is 0.207 e. The van der Waals surface area contributed by atoms with Crippen molar-refractivity contribution in [1.82, 2.24) is 4.72 Å². The van der Waals surface area contributed by atoms with Gasteiger partial charge in [0.25, 0.3) is 0 Å². The van der Waals surface area contributed by atoms with Gasteiger partial charge in [0, 0.05) is 5.56 Å². The first-order valence-corrected chi connectivity index (χ1v) is 9.83. The maximum absolute atomic E-state index is 13.3. The molecule has 1 N–H and O–H groups in total. The van der Waals surface area contributed by atoms with E-state index in [1.54, 1.807) is 24.3 Å². The van der Waals surface area contributed by atoms with Gasteiger partial charge in [0.05, 0.1) is 4.90 Å². The summed E-state index contributed by atoms with van der Waals surface area (Å²) in [7, 11) is -3.79. The maximum Gasteiger partial charge on any atom is 0.241 e. The summed E-state index contributed by atoms with van der Waals surface area (Å²) in [5, 5.41) is 0. The Bertz CT molecular complexity index is 1070. The number of aryl methyl sites for hydroxylation is 1. The van der Waals surface area contributed by atoms with Gasteiger partial charge in [-0.1, -0.05) is 59.9 Å². The van der Waals surface area contributed by atoms with Gasteiger partial charge in [-0.25, -0.2) is 12.8 Å². The molecule has 27 heavy (non-hydrogen) atoms. The molecule has 0 saturated carbocycles. The highest BCUT2D eigenvalue weighted by Gasteiger charge is 2.20. The Kier molecular flexibility index (Phi) is 5.70. The zero-order valence-electron chi connectivity index (χ0n) is 14.7. The first-order chi connectivity index (χ1) is 12.9. The van der Waals surface area contributed by atoms with Crippen LogP contribution in [0.3, 0.4) is 0 Å². The van der Waals surface area contributed by atoms with Gasteiger partial charge in [-0.15, -0.1) is 0 Å². The first-order valence-electron chi connectivity index (χ1n) is 8.35. The third kappa shape index (κ3) is 5.04. The molecular weight excluding hydrogens is 361 g/mol. The van der Waals surface area contributed by atoms with Crippen LogP contribution in [-0.4, -0.2) is 8.42 Å². The molecule has 0 aliphatic rings.